The third-order valence-electron chi connectivity index (χ3n) is 3.24. The van der Waals surface area contributed by atoms with Crippen molar-refractivity contribution < 1.29 is 0 Å². The smallest absolute Gasteiger partial charge is 0.124 e. The number of hydrogen-bond donors (Lipinski definition) is 0. The lowest BCUT2D eigenvalue weighted by atomic mass is 10.2. The Morgan fingerprint density at radius 3 is 2.74 bits per heavy atom. The maximum absolute atomic E-state index is 8.89. The SMILES string of the molecule is N#CCc1nc2ccccc2n1CCCCCCCl. The second-order valence-corrected chi connectivity index (χ2v) is 4.98. The first-order chi connectivity index (χ1) is 9.36. The molecule has 19 heavy (non-hydrogen) atoms. The van der Waals surface area contributed by atoms with Crippen LogP contribution < -0.4 is 0 Å². The van der Waals surface area contributed by atoms with Crippen molar-refractivity contribution in [1.82, 2.24) is 9.55 Å². The van der Waals surface area contributed by atoms with Crippen molar-refractivity contribution in [1.29, 1.82) is 5.26 Å². The van der Waals surface area contributed by atoms with Crippen LogP contribution in [0.5, 0.6) is 0 Å². The van der Waals surface area contributed by atoms with Gasteiger partial charge in [-0.1, -0.05) is 25.0 Å². The molecule has 0 atom stereocenters. The molecule has 0 N–H and O–H groups in total. The van der Waals surface area contributed by atoms with Crippen LogP contribution in [0.1, 0.15) is 31.5 Å². The summed E-state index contributed by atoms with van der Waals surface area (Å²) in [6.07, 6.45) is 4.90. The molecule has 0 spiro atoms. The van der Waals surface area contributed by atoms with E-state index in [1.54, 1.807) is 0 Å². The number of benzene rings is 1. The molecule has 0 unspecified atom stereocenters. The first-order valence-electron chi connectivity index (χ1n) is 6.74. The second kappa shape index (κ2) is 7.16. The highest BCUT2D eigenvalue weighted by molar-refractivity contribution is 6.17. The number of imidazole rings is 1. The molecule has 100 valence electrons. The number of unbranched alkanes of at least 4 members (excludes halogenated alkanes) is 3. The van der Waals surface area contributed by atoms with Gasteiger partial charge >= 0.3 is 0 Å². The Balaban J connectivity index is 2.10. The quantitative estimate of drug-likeness (QED) is 0.568. The molecule has 0 amide bonds. The van der Waals surface area contributed by atoms with Crippen molar-refractivity contribution in [2.75, 3.05) is 5.88 Å². The molecule has 4 heteroatoms. The van der Waals surface area contributed by atoms with Gasteiger partial charge < -0.3 is 4.57 Å². The van der Waals surface area contributed by atoms with E-state index in [9.17, 15) is 0 Å². The molecule has 0 saturated heterocycles. The van der Waals surface area contributed by atoms with Crippen molar-refractivity contribution in [2.24, 2.45) is 0 Å². The van der Waals surface area contributed by atoms with Crippen LogP contribution in [-0.4, -0.2) is 15.4 Å². The molecule has 2 aromatic rings. The van der Waals surface area contributed by atoms with Gasteiger partial charge in [0.1, 0.15) is 5.82 Å². The molecule has 3 nitrogen and oxygen atoms in total. The summed E-state index contributed by atoms with van der Waals surface area (Å²) in [5.74, 6) is 1.62. The number of fused-ring (bicyclic) bond motifs is 1. The minimum Gasteiger partial charge on any atom is -0.327 e. The van der Waals surface area contributed by atoms with E-state index in [1.807, 2.05) is 18.2 Å². The predicted molar refractivity (Wildman–Crippen MR) is 78.2 cm³/mol. The summed E-state index contributed by atoms with van der Waals surface area (Å²) in [4.78, 5) is 4.54. The van der Waals surface area contributed by atoms with Crippen molar-refractivity contribution in [3.8, 4) is 6.07 Å². The van der Waals surface area contributed by atoms with Crippen LogP contribution in [0.25, 0.3) is 11.0 Å². The van der Waals surface area contributed by atoms with Gasteiger partial charge in [-0.3, -0.25) is 0 Å². The van der Waals surface area contributed by atoms with Crippen LogP contribution >= 0.6 is 11.6 Å². The minimum absolute atomic E-state index is 0.371. The Kier molecular flexibility index (Phi) is 5.23. The highest BCUT2D eigenvalue weighted by atomic mass is 35.5. The summed E-state index contributed by atoms with van der Waals surface area (Å²) >= 11 is 5.67. The summed E-state index contributed by atoms with van der Waals surface area (Å²) in [6, 6.07) is 10.3. The molecule has 0 bridgehead atoms. The molecule has 0 saturated carbocycles. The number of nitriles is 1. The van der Waals surface area contributed by atoms with Gasteiger partial charge in [-0.05, 0) is 25.0 Å². The summed E-state index contributed by atoms with van der Waals surface area (Å²) in [5.41, 5.74) is 2.11. The lowest BCUT2D eigenvalue weighted by Gasteiger charge is -2.07. The van der Waals surface area contributed by atoms with Gasteiger partial charge in [0.2, 0.25) is 0 Å². The number of aromatic nitrogens is 2. The standard InChI is InChI=1S/C15H18ClN3/c16-10-5-1-2-6-12-19-14-8-4-3-7-13(14)18-15(19)9-11-17/h3-4,7-8H,1-2,5-6,9-10,12H2. The lowest BCUT2D eigenvalue weighted by molar-refractivity contribution is 0.580. The Morgan fingerprint density at radius 2 is 1.95 bits per heavy atom. The molecule has 1 aromatic carbocycles. The lowest BCUT2D eigenvalue weighted by Crippen LogP contribution is -2.03. The van der Waals surface area contributed by atoms with Gasteiger partial charge in [-0.2, -0.15) is 5.26 Å². The van der Waals surface area contributed by atoms with Crippen molar-refractivity contribution in [3.05, 3.63) is 30.1 Å². The zero-order chi connectivity index (χ0) is 13.5. The molecule has 0 fully saturated rings. The fourth-order valence-electron chi connectivity index (χ4n) is 2.30. The second-order valence-electron chi connectivity index (χ2n) is 4.61. The number of alkyl halides is 1. The first-order valence-corrected chi connectivity index (χ1v) is 7.27. The molecule has 0 aliphatic rings. The molecule has 0 aliphatic heterocycles. The molecular formula is C15H18ClN3. The highest BCUT2D eigenvalue weighted by Crippen LogP contribution is 2.17. The largest absolute Gasteiger partial charge is 0.327 e. The predicted octanol–water partition coefficient (Wildman–Crippen LogP) is 3.90. The Hall–Kier alpha value is -1.53. The molecule has 1 heterocycles. The normalized spacial score (nSPS) is 10.7. The van der Waals surface area contributed by atoms with E-state index in [4.69, 9.17) is 16.9 Å². The van der Waals surface area contributed by atoms with E-state index in [-0.39, 0.29) is 0 Å². The van der Waals surface area contributed by atoms with Gasteiger partial charge in [-0.25, -0.2) is 4.98 Å². The Bertz CT molecular complexity index is 568. The van der Waals surface area contributed by atoms with Crippen LogP contribution in [0.3, 0.4) is 0 Å². The average molecular weight is 276 g/mol. The van der Waals surface area contributed by atoms with Crippen LogP contribution in [-0.2, 0) is 13.0 Å². The van der Waals surface area contributed by atoms with E-state index in [1.165, 1.54) is 12.8 Å². The highest BCUT2D eigenvalue weighted by Gasteiger charge is 2.09. The third kappa shape index (κ3) is 3.48. The van der Waals surface area contributed by atoms with E-state index >= 15 is 0 Å². The monoisotopic (exact) mass is 275 g/mol. The van der Waals surface area contributed by atoms with Crippen molar-refractivity contribution in [3.63, 3.8) is 0 Å². The number of nitrogens with zero attached hydrogens (tertiary/aromatic N) is 3. The molecule has 0 radical (unpaired) electrons. The molecule has 1 aromatic heterocycles. The maximum Gasteiger partial charge on any atom is 0.124 e. The van der Waals surface area contributed by atoms with Crippen LogP contribution in [0.4, 0.5) is 0 Å². The Labute approximate surface area is 118 Å². The Morgan fingerprint density at radius 1 is 1.16 bits per heavy atom. The van der Waals surface area contributed by atoms with Crippen molar-refractivity contribution >= 4 is 22.6 Å². The first kappa shape index (κ1) is 13.9. The molecule has 0 aliphatic carbocycles. The van der Waals surface area contributed by atoms with Gasteiger partial charge in [0, 0.05) is 12.4 Å². The summed E-state index contributed by atoms with van der Waals surface area (Å²) in [6.45, 7) is 0.930. The van der Waals surface area contributed by atoms with E-state index in [0.29, 0.717) is 6.42 Å². The minimum atomic E-state index is 0.371. The zero-order valence-electron chi connectivity index (χ0n) is 11.0. The average Bonchev–Trinajstić information content (AvgIpc) is 2.77. The third-order valence-corrected chi connectivity index (χ3v) is 3.50. The fourth-order valence-corrected chi connectivity index (χ4v) is 2.49. The number of para-hydroxylation sites is 2. The van der Waals surface area contributed by atoms with E-state index in [2.05, 4.69) is 21.7 Å². The number of hydrogen-bond acceptors (Lipinski definition) is 2. The van der Waals surface area contributed by atoms with Crippen LogP contribution in [0.2, 0.25) is 0 Å². The van der Waals surface area contributed by atoms with Crippen LogP contribution in [0.15, 0.2) is 24.3 Å². The number of rotatable bonds is 7. The van der Waals surface area contributed by atoms with Gasteiger partial charge in [-0.15, -0.1) is 11.6 Å². The zero-order valence-corrected chi connectivity index (χ0v) is 11.7. The topological polar surface area (TPSA) is 41.6 Å². The van der Waals surface area contributed by atoms with Crippen molar-refractivity contribution in [2.45, 2.75) is 38.6 Å². The van der Waals surface area contributed by atoms with Crippen LogP contribution in [0, 0.1) is 11.3 Å². The van der Waals surface area contributed by atoms with Gasteiger partial charge in [0.15, 0.2) is 0 Å². The van der Waals surface area contributed by atoms with Gasteiger partial charge in [0.05, 0.1) is 23.5 Å². The van der Waals surface area contributed by atoms with E-state index in [0.717, 1.165) is 42.1 Å². The summed E-state index contributed by atoms with van der Waals surface area (Å²) in [7, 11) is 0. The summed E-state index contributed by atoms with van der Waals surface area (Å²) < 4.78 is 2.18. The van der Waals surface area contributed by atoms with Gasteiger partial charge in [0.25, 0.3) is 0 Å². The van der Waals surface area contributed by atoms with E-state index < -0.39 is 0 Å². The maximum atomic E-state index is 8.89. The number of aryl methyl sites for hydroxylation is 1. The molecular weight excluding hydrogens is 258 g/mol. The fraction of sp³-hybridized carbons (Fsp3) is 0.467. The summed E-state index contributed by atoms with van der Waals surface area (Å²) in [5, 5.41) is 8.89. The number of halogens is 1. The molecule has 2 rings (SSSR count).